The Balaban J connectivity index is 0.00000576. The second-order valence-electron chi connectivity index (χ2n) is 5.98. The Morgan fingerprint density at radius 1 is 1.16 bits per heavy atom. The number of hydrogen-bond acceptors (Lipinski definition) is 4. The van der Waals surface area contributed by atoms with Crippen LogP contribution in [0.4, 0.5) is 0 Å². The predicted molar refractivity (Wildman–Crippen MR) is 104 cm³/mol. The number of nitrogens with one attached hydrogen (secondary N) is 1. The molecule has 1 atom stereocenters. The molecule has 8 heteroatoms. The van der Waals surface area contributed by atoms with E-state index in [0.29, 0.717) is 31.7 Å². The summed E-state index contributed by atoms with van der Waals surface area (Å²) in [6.45, 7) is 7.84. The normalized spacial score (nSPS) is 12.5. The molecule has 0 aromatic heterocycles. The minimum absolute atomic E-state index is 0. The molecular formula is C17H30ClN3O3S. The van der Waals surface area contributed by atoms with Crippen molar-refractivity contribution in [2.24, 2.45) is 11.7 Å². The highest BCUT2D eigenvalue weighted by Crippen LogP contribution is 2.17. The van der Waals surface area contributed by atoms with Gasteiger partial charge in [-0.15, -0.1) is 12.4 Å². The lowest BCUT2D eigenvalue weighted by Crippen LogP contribution is -2.33. The molecule has 0 radical (unpaired) electrons. The van der Waals surface area contributed by atoms with Gasteiger partial charge in [0.05, 0.1) is 4.90 Å². The zero-order chi connectivity index (χ0) is 18.2. The standard InChI is InChI=1S/C17H29N3O3S.ClH/c1-4-10-20(11-5-2)24(22,23)16-8-6-15(7-9-16)17(21)19-13-14(3)12-18;/h6-9,14H,4-5,10-13,18H2,1-3H3,(H,19,21);1H. The summed E-state index contributed by atoms with van der Waals surface area (Å²) in [6.07, 6.45) is 1.53. The van der Waals surface area contributed by atoms with Crippen molar-refractivity contribution in [2.45, 2.75) is 38.5 Å². The molecule has 0 spiro atoms. The molecule has 1 amide bonds. The van der Waals surface area contributed by atoms with E-state index in [1.807, 2.05) is 20.8 Å². The van der Waals surface area contributed by atoms with Crippen LogP contribution in [0.15, 0.2) is 29.2 Å². The first-order valence-electron chi connectivity index (χ1n) is 8.45. The summed E-state index contributed by atoms with van der Waals surface area (Å²) in [6, 6.07) is 6.08. The molecule has 0 fully saturated rings. The maximum atomic E-state index is 12.7. The Bertz CT molecular complexity index is 615. The van der Waals surface area contributed by atoms with Gasteiger partial charge in [-0.3, -0.25) is 4.79 Å². The first kappa shape index (κ1) is 23.9. The van der Waals surface area contributed by atoms with Crippen molar-refractivity contribution in [3.8, 4) is 0 Å². The SMILES string of the molecule is CCCN(CCC)S(=O)(=O)c1ccc(C(=O)NCC(C)CN)cc1.Cl. The molecule has 1 aromatic rings. The van der Waals surface area contributed by atoms with Gasteiger partial charge in [0.15, 0.2) is 0 Å². The number of carbonyl (C=O) groups excluding carboxylic acids is 1. The maximum absolute atomic E-state index is 12.7. The van der Waals surface area contributed by atoms with Gasteiger partial charge in [-0.1, -0.05) is 20.8 Å². The molecule has 6 nitrogen and oxygen atoms in total. The van der Waals surface area contributed by atoms with Crippen LogP contribution in [0.1, 0.15) is 44.0 Å². The summed E-state index contributed by atoms with van der Waals surface area (Å²) in [4.78, 5) is 12.3. The summed E-state index contributed by atoms with van der Waals surface area (Å²) >= 11 is 0. The molecule has 0 saturated heterocycles. The van der Waals surface area contributed by atoms with Gasteiger partial charge in [-0.2, -0.15) is 4.31 Å². The van der Waals surface area contributed by atoms with Crippen LogP contribution in [0.3, 0.4) is 0 Å². The molecule has 0 bridgehead atoms. The van der Waals surface area contributed by atoms with E-state index in [4.69, 9.17) is 5.73 Å². The van der Waals surface area contributed by atoms with Gasteiger partial charge >= 0.3 is 0 Å². The predicted octanol–water partition coefficient (Wildman–Crippen LogP) is 2.24. The number of sulfonamides is 1. The number of halogens is 1. The van der Waals surface area contributed by atoms with Crippen molar-refractivity contribution in [2.75, 3.05) is 26.2 Å². The van der Waals surface area contributed by atoms with Gasteiger partial charge in [-0.25, -0.2) is 8.42 Å². The van der Waals surface area contributed by atoms with Gasteiger partial charge in [0.1, 0.15) is 0 Å². The molecule has 0 aliphatic carbocycles. The smallest absolute Gasteiger partial charge is 0.251 e. The topological polar surface area (TPSA) is 92.5 Å². The van der Waals surface area contributed by atoms with Crippen molar-refractivity contribution in [3.63, 3.8) is 0 Å². The lowest BCUT2D eigenvalue weighted by Gasteiger charge is -2.21. The number of amides is 1. The molecule has 0 saturated carbocycles. The molecule has 144 valence electrons. The third kappa shape index (κ3) is 6.93. The molecule has 3 N–H and O–H groups in total. The lowest BCUT2D eigenvalue weighted by molar-refractivity contribution is 0.0948. The van der Waals surface area contributed by atoms with Crippen LogP contribution < -0.4 is 11.1 Å². The number of hydrogen-bond donors (Lipinski definition) is 2. The van der Waals surface area contributed by atoms with Crippen molar-refractivity contribution in [1.82, 2.24) is 9.62 Å². The molecule has 25 heavy (non-hydrogen) atoms. The van der Waals surface area contributed by atoms with Crippen LogP contribution in [0.5, 0.6) is 0 Å². The molecule has 0 aliphatic heterocycles. The quantitative estimate of drug-likeness (QED) is 0.639. The summed E-state index contributed by atoms with van der Waals surface area (Å²) in [5.74, 6) is -0.0246. The number of carbonyl (C=O) groups is 1. The average molecular weight is 392 g/mol. The Labute approximate surface area is 157 Å². The average Bonchev–Trinajstić information content (AvgIpc) is 2.59. The molecule has 1 unspecified atom stereocenters. The Hall–Kier alpha value is -1.15. The van der Waals surface area contributed by atoms with Crippen LogP contribution in [0, 0.1) is 5.92 Å². The van der Waals surface area contributed by atoms with E-state index in [9.17, 15) is 13.2 Å². The first-order chi connectivity index (χ1) is 11.4. The van der Waals surface area contributed by atoms with Gasteiger partial charge < -0.3 is 11.1 Å². The minimum Gasteiger partial charge on any atom is -0.352 e. The Morgan fingerprint density at radius 2 is 1.68 bits per heavy atom. The fourth-order valence-electron chi connectivity index (χ4n) is 2.23. The zero-order valence-corrected chi connectivity index (χ0v) is 16.8. The summed E-state index contributed by atoms with van der Waals surface area (Å²) < 4.78 is 26.8. The van der Waals surface area contributed by atoms with E-state index in [-0.39, 0.29) is 29.1 Å². The number of nitrogens with zero attached hydrogens (tertiary/aromatic N) is 1. The third-order valence-electron chi connectivity index (χ3n) is 3.71. The fraction of sp³-hybridized carbons (Fsp3) is 0.588. The van der Waals surface area contributed by atoms with E-state index in [1.54, 1.807) is 12.1 Å². The van der Waals surface area contributed by atoms with Crippen molar-refractivity contribution in [3.05, 3.63) is 29.8 Å². The van der Waals surface area contributed by atoms with E-state index >= 15 is 0 Å². The summed E-state index contributed by atoms with van der Waals surface area (Å²) in [5, 5.41) is 2.79. The lowest BCUT2D eigenvalue weighted by atomic mass is 10.1. The second-order valence-corrected chi connectivity index (χ2v) is 7.92. The molecule has 1 aromatic carbocycles. The summed E-state index contributed by atoms with van der Waals surface area (Å²) in [5.41, 5.74) is 5.96. The largest absolute Gasteiger partial charge is 0.352 e. The van der Waals surface area contributed by atoms with Crippen LogP contribution in [0.2, 0.25) is 0 Å². The maximum Gasteiger partial charge on any atom is 0.251 e. The van der Waals surface area contributed by atoms with Crippen molar-refractivity contribution >= 4 is 28.3 Å². The first-order valence-corrected chi connectivity index (χ1v) is 9.89. The molecule has 1 rings (SSSR count). The third-order valence-corrected chi connectivity index (χ3v) is 5.63. The molecule has 0 heterocycles. The fourth-order valence-corrected chi connectivity index (χ4v) is 3.85. The van der Waals surface area contributed by atoms with Gasteiger partial charge in [0.25, 0.3) is 5.91 Å². The highest BCUT2D eigenvalue weighted by Gasteiger charge is 2.23. The van der Waals surface area contributed by atoms with Gasteiger partial charge in [-0.05, 0) is 49.6 Å². The monoisotopic (exact) mass is 391 g/mol. The van der Waals surface area contributed by atoms with E-state index in [2.05, 4.69) is 5.32 Å². The van der Waals surface area contributed by atoms with Crippen LogP contribution in [0.25, 0.3) is 0 Å². The van der Waals surface area contributed by atoms with Gasteiger partial charge in [0, 0.05) is 25.2 Å². The molecule has 0 aliphatic rings. The van der Waals surface area contributed by atoms with E-state index < -0.39 is 10.0 Å². The minimum atomic E-state index is -3.51. The zero-order valence-electron chi connectivity index (χ0n) is 15.2. The Kier molecular flexibility index (Phi) is 10.9. The van der Waals surface area contributed by atoms with Crippen LogP contribution in [-0.2, 0) is 10.0 Å². The highest BCUT2D eigenvalue weighted by molar-refractivity contribution is 7.89. The van der Waals surface area contributed by atoms with Gasteiger partial charge in [0.2, 0.25) is 10.0 Å². The summed E-state index contributed by atoms with van der Waals surface area (Å²) in [7, 11) is -3.51. The van der Waals surface area contributed by atoms with E-state index in [0.717, 1.165) is 12.8 Å². The van der Waals surface area contributed by atoms with Crippen molar-refractivity contribution < 1.29 is 13.2 Å². The van der Waals surface area contributed by atoms with Crippen molar-refractivity contribution in [1.29, 1.82) is 0 Å². The number of nitrogens with two attached hydrogens (primary N) is 1. The second kappa shape index (κ2) is 11.5. The van der Waals surface area contributed by atoms with Crippen LogP contribution in [-0.4, -0.2) is 44.8 Å². The number of benzene rings is 1. The number of rotatable bonds is 10. The van der Waals surface area contributed by atoms with E-state index in [1.165, 1.54) is 16.4 Å². The van der Waals surface area contributed by atoms with Crippen LogP contribution >= 0.6 is 12.4 Å². The Morgan fingerprint density at radius 3 is 2.12 bits per heavy atom. The highest BCUT2D eigenvalue weighted by atomic mass is 35.5. The molecular weight excluding hydrogens is 362 g/mol.